The third-order valence-electron chi connectivity index (χ3n) is 3.52. The van der Waals surface area contributed by atoms with Crippen LogP contribution in [0, 0.1) is 11.7 Å². The maximum atomic E-state index is 13.0. The Labute approximate surface area is 109 Å². The van der Waals surface area contributed by atoms with Crippen molar-refractivity contribution in [3.8, 4) is 0 Å². The van der Waals surface area contributed by atoms with Gasteiger partial charge in [0.05, 0.1) is 5.56 Å². The van der Waals surface area contributed by atoms with E-state index in [0.29, 0.717) is 19.2 Å². The summed E-state index contributed by atoms with van der Waals surface area (Å²) >= 11 is 0. The van der Waals surface area contributed by atoms with E-state index in [0.717, 1.165) is 6.07 Å². The second-order valence-electron chi connectivity index (χ2n) is 5.13. The molecule has 1 saturated heterocycles. The molecule has 0 spiro atoms. The second kappa shape index (κ2) is 5.09. The van der Waals surface area contributed by atoms with E-state index in [4.69, 9.17) is 5.73 Å². The molecule has 2 nitrogen and oxygen atoms in total. The fourth-order valence-electron chi connectivity index (χ4n) is 2.42. The monoisotopic (exact) mass is 276 g/mol. The summed E-state index contributed by atoms with van der Waals surface area (Å²) in [6.45, 7) is 3.35. The van der Waals surface area contributed by atoms with Gasteiger partial charge in [0.15, 0.2) is 0 Å². The molecule has 2 N–H and O–H groups in total. The van der Waals surface area contributed by atoms with Crippen LogP contribution in [0.1, 0.15) is 18.1 Å². The summed E-state index contributed by atoms with van der Waals surface area (Å²) in [6.07, 6.45) is -4.54. The minimum absolute atomic E-state index is 0.0187. The number of likely N-dealkylation sites (tertiary alicyclic amines) is 1. The van der Waals surface area contributed by atoms with Gasteiger partial charge >= 0.3 is 6.18 Å². The molecule has 0 amide bonds. The lowest BCUT2D eigenvalue weighted by molar-refractivity contribution is -0.138. The number of nitrogens with zero attached hydrogens (tertiary/aromatic N) is 1. The van der Waals surface area contributed by atoms with E-state index >= 15 is 0 Å². The Bertz CT molecular complexity index is 448. The molecule has 0 bridgehead atoms. The van der Waals surface area contributed by atoms with Crippen LogP contribution < -0.4 is 5.73 Å². The molecule has 6 heteroatoms. The number of halogens is 4. The molecular formula is C13H16F4N2. The van der Waals surface area contributed by atoms with Crippen LogP contribution in [0.25, 0.3) is 0 Å². The van der Waals surface area contributed by atoms with Crippen molar-refractivity contribution >= 4 is 0 Å². The topological polar surface area (TPSA) is 29.3 Å². The van der Waals surface area contributed by atoms with E-state index in [1.54, 1.807) is 0 Å². The smallest absolute Gasteiger partial charge is 0.326 e. The molecule has 1 aliphatic rings. The summed E-state index contributed by atoms with van der Waals surface area (Å²) in [6, 6.07) is 2.79. The van der Waals surface area contributed by atoms with Crippen LogP contribution in [0.2, 0.25) is 0 Å². The van der Waals surface area contributed by atoms with Gasteiger partial charge in [-0.2, -0.15) is 13.2 Å². The average molecular weight is 276 g/mol. The molecule has 1 fully saturated rings. The molecule has 1 aromatic carbocycles. The number of alkyl halides is 3. The second-order valence-corrected chi connectivity index (χ2v) is 5.13. The van der Waals surface area contributed by atoms with Gasteiger partial charge in [0, 0.05) is 25.7 Å². The Kier molecular flexibility index (Phi) is 3.82. The van der Waals surface area contributed by atoms with Gasteiger partial charge in [0.25, 0.3) is 0 Å². The lowest BCUT2D eigenvalue weighted by Gasteiger charge is -2.19. The van der Waals surface area contributed by atoms with Crippen molar-refractivity contribution in [3.63, 3.8) is 0 Å². The summed E-state index contributed by atoms with van der Waals surface area (Å²) < 4.78 is 51.5. The molecule has 0 radical (unpaired) electrons. The Balaban J connectivity index is 2.21. The molecule has 19 heavy (non-hydrogen) atoms. The third kappa shape index (κ3) is 3.25. The van der Waals surface area contributed by atoms with Crippen LogP contribution in [0.5, 0.6) is 0 Å². The zero-order chi connectivity index (χ0) is 14.2. The van der Waals surface area contributed by atoms with Crippen molar-refractivity contribution in [2.24, 2.45) is 11.7 Å². The van der Waals surface area contributed by atoms with Gasteiger partial charge < -0.3 is 5.73 Å². The Hall–Kier alpha value is -1.14. The first-order valence-electron chi connectivity index (χ1n) is 6.11. The predicted octanol–water partition coefficient (Wildman–Crippen LogP) is 2.62. The molecule has 0 aliphatic carbocycles. The molecule has 0 aromatic heterocycles. The third-order valence-corrected chi connectivity index (χ3v) is 3.52. The number of benzene rings is 1. The number of rotatable bonds is 2. The van der Waals surface area contributed by atoms with Crippen LogP contribution in [0.15, 0.2) is 18.2 Å². The van der Waals surface area contributed by atoms with Crippen LogP contribution in [0.3, 0.4) is 0 Å². The Morgan fingerprint density at radius 1 is 1.32 bits per heavy atom. The van der Waals surface area contributed by atoms with Gasteiger partial charge in [0.2, 0.25) is 0 Å². The Morgan fingerprint density at radius 3 is 2.53 bits per heavy atom. The number of hydrogen-bond acceptors (Lipinski definition) is 2. The van der Waals surface area contributed by atoms with Crippen LogP contribution in [0.4, 0.5) is 17.6 Å². The highest BCUT2D eigenvalue weighted by atomic mass is 19.4. The van der Waals surface area contributed by atoms with Crippen molar-refractivity contribution in [1.29, 1.82) is 0 Å². The van der Waals surface area contributed by atoms with Crippen molar-refractivity contribution in [2.45, 2.75) is 25.7 Å². The van der Waals surface area contributed by atoms with Gasteiger partial charge in [-0.25, -0.2) is 4.39 Å². The summed E-state index contributed by atoms with van der Waals surface area (Å²) in [7, 11) is 0. The van der Waals surface area contributed by atoms with Gasteiger partial charge in [-0.1, -0.05) is 13.0 Å². The van der Waals surface area contributed by atoms with Crippen LogP contribution in [-0.4, -0.2) is 24.0 Å². The summed E-state index contributed by atoms with van der Waals surface area (Å²) in [5.74, 6) is -0.614. The fraction of sp³-hybridized carbons (Fsp3) is 0.538. The minimum Gasteiger partial charge on any atom is -0.326 e. The van der Waals surface area contributed by atoms with Crippen molar-refractivity contribution < 1.29 is 17.6 Å². The summed E-state index contributed by atoms with van der Waals surface area (Å²) in [5, 5.41) is 0. The van der Waals surface area contributed by atoms with E-state index < -0.39 is 17.6 Å². The van der Waals surface area contributed by atoms with Gasteiger partial charge in [-0.05, 0) is 23.6 Å². The predicted molar refractivity (Wildman–Crippen MR) is 63.8 cm³/mol. The maximum Gasteiger partial charge on any atom is 0.416 e. The Morgan fingerprint density at radius 2 is 2.00 bits per heavy atom. The van der Waals surface area contributed by atoms with E-state index in [-0.39, 0.29) is 24.1 Å². The van der Waals surface area contributed by atoms with Gasteiger partial charge in [-0.3, -0.25) is 4.90 Å². The normalized spacial score (nSPS) is 24.9. The summed E-state index contributed by atoms with van der Waals surface area (Å²) in [5.41, 5.74) is 5.04. The maximum absolute atomic E-state index is 13.0. The SMILES string of the molecule is CC1CN(Cc2ccc(F)cc2C(F)(F)F)CC1N. The standard InChI is InChI=1S/C13H16F4N2/c1-8-5-19(7-12(8)18)6-9-2-3-10(14)4-11(9)13(15,16)17/h2-4,8,12H,5-7,18H2,1H3. The largest absolute Gasteiger partial charge is 0.416 e. The van der Waals surface area contributed by atoms with E-state index in [2.05, 4.69) is 0 Å². The van der Waals surface area contributed by atoms with Crippen LogP contribution >= 0.6 is 0 Å². The molecule has 106 valence electrons. The molecule has 1 aliphatic heterocycles. The average Bonchev–Trinajstić information content (AvgIpc) is 2.59. The van der Waals surface area contributed by atoms with Crippen molar-refractivity contribution in [1.82, 2.24) is 4.90 Å². The van der Waals surface area contributed by atoms with E-state index in [1.807, 2.05) is 11.8 Å². The molecule has 1 aromatic rings. The molecule has 2 unspecified atom stereocenters. The number of hydrogen-bond donors (Lipinski definition) is 1. The molecule has 0 saturated carbocycles. The highest BCUT2D eigenvalue weighted by Gasteiger charge is 2.35. The lowest BCUT2D eigenvalue weighted by atomic mass is 10.1. The fourth-order valence-corrected chi connectivity index (χ4v) is 2.42. The first-order chi connectivity index (χ1) is 8.77. The van der Waals surface area contributed by atoms with Crippen molar-refractivity contribution in [3.05, 3.63) is 35.1 Å². The lowest BCUT2D eigenvalue weighted by Crippen LogP contribution is -2.28. The molecular weight excluding hydrogens is 260 g/mol. The zero-order valence-corrected chi connectivity index (χ0v) is 10.5. The number of nitrogens with two attached hydrogens (primary N) is 1. The molecule has 2 atom stereocenters. The van der Waals surface area contributed by atoms with Crippen LogP contribution in [-0.2, 0) is 12.7 Å². The quantitative estimate of drug-likeness (QED) is 0.841. The highest BCUT2D eigenvalue weighted by molar-refractivity contribution is 5.30. The van der Waals surface area contributed by atoms with E-state index in [9.17, 15) is 17.6 Å². The van der Waals surface area contributed by atoms with Gasteiger partial charge in [-0.15, -0.1) is 0 Å². The van der Waals surface area contributed by atoms with Crippen molar-refractivity contribution in [2.75, 3.05) is 13.1 Å². The first-order valence-corrected chi connectivity index (χ1v) is 6.11. The first kappa shape index (κ1) is 14.3. The van der Waals surface area contributed by atoms with Gasteiger partial charge in [0.1, 0.15) is 5.82 Å². The van der Waals surface area contributed by atoms with E-state index in [1.165, 1.54) is 6.07 Å². The molecule has 2 rings (SSSR count). The highest BCUT2D eigenvalue weighted by Crippen LogP contribution is 2.33. The molecule has 1 heterocycles. The summed E-state index contributed by atoms with van der Waals surface area (Å²) in [4.78, 5) is 1.87. The zero-order valence-electron chi connectivity index (χ0n) is 10.5. The minimum atomic E-state index is -4.54.